The second-order valence-corrected chi connectivity index (χ2v) is 24.1. The van der Waals surface area contributed by atoms with E-state index in [1.54, 1.807) is 83.1 Å². The third kappa shape index (κ3) is 17.2. The fourth-order valence-electron chi connectivity index (χ4n) is 6.42. The van der Waals surface area contributed by atoms with Gasteiger partial charge in [0, 0.05) is 12.3 Å². The molecular weight excluding hydrogens is 791 g/mol. The lowest BCUT2D eigenvalue weighted by atomic mass is 9.88. The van der Waals surface area contributed by atoms with Gasteiger partial charge in [-0.15, -0.1) is 0 Å². The molecule has 3 aromatic carbocycles. The Morgan fingerprint density at radius 3 is 1.79 bits per heavy atom. The molecule has 3 aromatic rings. The van der Waals surface area contributed by atoms with Gasteiger partial charge in [0.15, 0.2) is 8.32 Å². The smallest absolute Gasteiger partial charge is 0.407 e. The Morgan fingerprint density at radius 1 is 0.705 bits per heavy atom. The molecule has 0 heterocycles. The minimum Gasteiger partial charge on any atom is -0.508 e. The molecule has 0 aliphatic carbocycles. The van der Waals surface area contributed by atoms with Gasteiger partial charge in [-0.2, -0.15) is 0 Å². The van der Waals surface area contributed by atoms with E-state index in [-0.39, 0.29) is 30.1 Å². The number of alkyl carbamates (subject to hydrolysis) is 1. The zero-order chi connectivity index (χ0) is 45.7. The summed E-state index contributed by atoms with van der Waals surface area (Å²) in [6.07, 6.45) is -0.534. The molecule has 0 spiro atoms. The number of hydrogen-bond acceptors (Lipinski definition) is 8. The third-order valence-corrected chi connectivity index (χ3v) is 15.3. The summed E-state index contributed by atoms with van der Waals surface area (Å²) in [5, 5.41) is 28.8. The van der Waals surface area contributed by atoms with Crippen molar-refractivity contribution >= 4 is 32.2 Å². The SMILES string of the molecule is CC(C)COc1ccc(C[C@H](NC(=O)C(NC(=O)C(Cc2ccc(O)cc2)CC(O[Si](C)(C)C(C)(C)C)C(Cc2ccccc2)NC(=O)OC(C)(C)C)C(C)C)C(=O)O)cc1. The molecule has 0 radical (unpaired) electrons. The number of nitrogens with one attached hydrogen (secondary N) is 3. The Bertz CT molecular complexity index is 1850. The molecule has 12 nitrogen and oxygen atoms in total. The number of hydrogen-bond donors (Lipinski definition) is 5. The summed E-state index contributed by atoms with van der Waals surface area (Å²) in [4.78, 5) is 54.7. The van der Waals surface area contributed by atoms with Crippen LogP contribution in [0, 0.1) is 17.8 Å². The number of benzene rings is 3. The molecular formula is C48H71N3O9Si. The molecule has 61 heavy (non-hydrogen) atoms. The van der Waals surface area contributed by atoms with Gasteiger partial charge in [0.05, 0.1) is 18.8 Å². The summed E-state index contributed by atoms with van der Waals surface area (Å²) in [7, 11) is -2.57. The van der Waals surface area contributed by atoms with Gasteiger partial charge in [0.2, 0.25) is 11.8 Å². The lowest BCUT2D eigenvalue weighted by Crippen LogP contribution is -2.56. The highest BCUT2D eigenvalue weighted by molar-refractivity contribution is 6.74. The first-order chi connectivity index (χ1) is 28.3. The largest absolute Gasteiger partial charge is 0.508 e. The van der Waals surface area contributed by atoms with Gasteiger partial charge in [0.1, 0.15) is 29.2 Å². The number of carboxylic acids is 1. The Balaban J connectivity index is 2.01. The number of carbonyl (C=O) groups excluding carboxylic acids is 3. The van der Waals surface area contributed by atoms with Crippen LogP contribution in [0.1, 0.15) is 92.3 Å². The van der Waals surface area contributed by atoms with Gasteiger partial charge in [-0.05, 0) is 111 Å². The molecule has 0 bridgehead atoms. The van der Waals surface area contributed by atoms with Crippen LogP contribution in [-0.2, 0) is 42.8 Å². The maximum Gasteiger partial charge on any atom is 0.407 e. The standard InChI is InChI=1S/C48H71N3O9Si/c1-31(2)30-58-38-24-20-35(21-25-38)28-40(45(55)56)49-44(54)42(32(3)4)51-43(53)36(26-34-18-22-37(52)23-19-34)29-41(60-61(11,12)48(8,9)10)39(27-33-16-14-13-15-17-33)50-46(57)59-47(5,6)7/h13-25,31-32,36,39-42,52H,26-30H2,1-12H3,(H,49,54)(H,50,57)(H,51,53)(H,55,56)/t36?,39?,40-,41?,42?/m0/s1. The molecule has 3 rings (SSSR count). The van der Waals surface area contributed by atoms with Crippen LogP contribution in [0.25, 0.3) is 0 Å². The van der Waals surface area contributed by atoms with Crippen molar-refractivity contribution in [2.75, 3.05) is 6.61 Å². The predicted octanol–water partition coefficient (Wildman–Crippen LogP) is 8.46. The number of carbonyl (C=O) groups is 4. The summed E-state index contributed by atoms with van der Waals surface area (Å²) in [6.45, 7) is 24.2. The molecule has 0 fully saturated rings. The van der Waals surface area contributed by atoms with Crippen LogP contribution in [0.5, 0.6) is 11.5 Å². The number of ether oxygens (including phenoxy) is 2. The van der Waals surface area contributed by atoms with Crippen LogP contribution >= 0.6 is 0 Å². The molecule has 0 aliphatic rings. The zero-order valence-corrected chi connectivity index (χ0v) is 39.3. The van der Waals surface area contributed by atoms with Crippen molar-refractivity contribution in [3.05, 3.63) is 95.6 Å². The van der Waals surface area contributed by atoms with Crippen molar-refractivity contribution in [3.63, 3.8) is 0 Å². The van der Waals surface area contributed by atoms with Crippen molar-refractivity contribution in [2.24, 2.45) is 17.8 Å². The maximum atomic E-state index is 14.7. The van der Waals surface area contributed by atoms with Crippen molar-refractivity contribution in [1.82, 2.24) is 16.0 Å². The molecule has 0 saturated heterocycles. The molecule has 4 unspecified atom stereocenters. The van der Waals surface area contributed by atoms with Gasteiger partial charge in [0.25, 0.3) is 0 Å². The van der Waals surface area contributed by atoms with Gasteiger partial charge in [-0.3, -0.25) is 9.59 Å². The van der Waals surface area contributed by atoms with Crippen LogP contribution in [-0.4, -0.2) is 78.8 Å². The predicted molar refractivity (Wildman–Crippen MR) is 242 cm³/mol. The van der Waals surface area contributed by atoms with Crippen molar-refractivity contribution in [3.8, 4) is 11.5 Å². The average molecular weight is 862 g/mol. The normalized spacial score (nSPS) is 14.7. The lowest BCUT2D eigenvalue weighted by molar-refractivity contribution is -0.142. The molecule has 5 atom stereocenters. The first-order valence-electron chi connectivity index (χ1n) is 21.4. The molecule has 0 saturated carbocycles. The van der Waals surface area contributed by atoms with E-state index in [1.165, 1.54) is 0 Å². The van der Waals surface area contributed by atoms with Crippen LogP contribution in [0.3, 0.4) is 0 Å². The molecule has 5 N–H and O–H groups in total. The number of aliphatic carboxylic acids is 1. The van der Waals surface area contributed by atoms with Gasteiger partial charge < -0.3 is 40.1 Å². The summed E-state index contributed by atoms with van der Waals surface area (Å²) in [6, 6.07) is 20.5. The second kappa shape index (κ2) is 22.3. The Morgan fingerprint density at radius 2 is 1.26 bits per heavy atom. The molecule has 0 aromatic heterocycles. The van der Waals surface area contributed by atoms with Crippen molar-refractivity contribution < 1.29 is 43.3 Å². The lowest BCUT2D eigenvalue weighted by Gasteiger charge is -2.42. The van der Waals surface area contributed by atoms with E-state index in [2.05, 4.69) is 49.8 Å². The van der Waals surface area contributed by atoms with Crippen LogP contribution in [0.2, 0.25) is 18.1 Å². The fourth-order valence-corrected chi connectivity index (χ4v) is 7.79. The van der Waals surface area contributed by atoms with Gasteiger partial charge >= 0.3 is 12.1 Å². The highest BCUT2D eigenvalue weighted by Crippen LogP contribution is 2.39. The maximum absolute atomic E-state index is 14.7. The Kier molecular flexibility index (Phi) is 18.4. The van der Waals surface area contributed by atoms with E-state index >= 15 is 0 Å². The first kappa shape index (κ1) is 50.5. The second-order valence-electron chi connectivity index (χ2n) is 19.3. The number of carboxylic acid groups (broad SMARTS) is 1. The van der Waals surface area contributed by atoms with Crippen LogP contribution in [0.15, 0.2) is 78.9 Å². The van der Waals surface area contributed by atoms with E-state index in [0.29, 0.717) is 30.3 Å². The van der Waals surface area contributed by atoms with E-state index in [4.69, 9.17) is 13.9 Å². The number of aromatic hydroxyl groups is 1. The molecule has 13 heteroatoms. The van der Waals surface area contributed by atoms with Crippen molar-refractivity contribution in [2.45, 2.75) is 143 Å². The minimum atomic E-state index is -2.57. The topological polar surface area (TPSA) is 173 Å². The van der Waals surface area contributed by atoms with E-state index < -0.39 is 73.9 Å². The summed E-state index contributed by atoms with van der Waals surface area (Å²) >= 11 is 0. The number of phenolic OH excluding ortho intramolecular Hbond substituents is 1. The molecule has 336 valence electrons. The third-order valence-electron chi connectivity index (χ3n) is 10.8. The Labute approximate surface area is 364 Å². The van der Waals surface area contributed by atoms with Gasteiger partial charge in [-0.1, -0.05) is 103 Å². The zero-order valence-electron chi connectivity index (χ0n) is 38.3. The number of phenols is 1. The van der Waals surface area contributed by atoms with Crippen LogP contribution in [0.4, 0.5) is 4.79 Å². The summed E-state index contributed by atoms with van der Waals surface area (Å²) in [5.74, 6) is -2.39. The quantitative estimate of drug-likeness (QED) is 0.0659. The summed E-state index contributed by atoms with van der Waals surface area (Å²) in [5.41, 5.74) is 1.64. The van der Waals surface area contributed by atoms with Crippen molar-refractivity contribution in [1.29, 1.82) is 0 Å². The summed E-state index contributed by atoms with van der Waals surface area (Å²) < 4.78 is 18.7. The van der Waals surface area contributed by atoms with E-state index in [0.717, 1.165) is 11.1 Å². The minimum absolute atomic E-state index is 0.0215. The molecule has 0 aliphatic heterocycles. The number of rotatable bonds is 21. The monoisotopic (exact) mass is 861 g/mol. The highest BCUT2D eigenvalue weighted by Gasteiger charge is 2.43. The average Bonchev–Trinajstić information content (AvgIpc) is 3.15. The van der Waals surface area contributed by atoms with E-state index in [9.17, 15) is 29.4 Å². The van der Waals surface area contributed by atoms with E-state index in [1.807, 2.05) is 44.2 Å². The first-order valence-corrected chi connectivity index (χ1v) is 24.3. The number of amides is 3. The van der Waals surface area contributed by atoms with Crippen LogP contribution < -0.4 is 20.7 Å². The highest BCUT2D eigenvalue weighted by atomic mass is 28.4. The van der Waals surface area contributed by atoms with Gasteiger partial charge in [-0.25, -0.2) is 9.59 Å². The molecule has 3 amide bonds. The fraction of sp³-hybridized carbons (Fsp3) is 0.542. The Hall–Kier alpha value is -4.88.